The number of nitrogens with zero attached hydrogens (tertiary/aromatic N) is 2. The van der Waals surface area contributed by atoms with Crippen molar-refractivity contribution >= 4 is 34.2 Å². The summed E-state index contributed by atoms with van der Waals surface area (Å²) >= 11 is 9.53. The lowest BCUT2D eigenvalue weighted by molar-refractivity contribution is 0.959. The van der Waals surface area contributed by atoms with E-state index in [1.54, 1.807) is 0 Å². The Balaban J connectivity index is 0.000000213. The zero-order chi connectivity index (χ0) is 8.81. The van der Waals surface area contributed by atoms with Crippen LogP contribution in [0, 0.1) is 0 Å². The molecule has 0 radical (unpaired) electrons. The second kappa shape index (κ2) is 4.95. The quantitative estimate of drug-likeness (QED) is 0.669. The molecule has 1 aromatic carbocycles. The molecule has 0 aliphatic carbocycles. The molecule has 5 heteroatoms. The van der Waals surface area contributed by atoms with Crippen molar-refractivity contribution < 1.29 is 0 Å². The molecule has 0 amide bonds. The molecule has 0 fully saturated rings. The van der Waals surface area contributed by atoms with Crippen molar-refractivity contribution in [2.45, 2.75) is 0 Å². The third-order valence-corrected chi connectivity index (χ3v) is 1.22. The van der Waals surface area contributed by atoms with E-state index in [2.05, 4.69) is 15.4 Å². The molecule has 0 atom stereocenters. The predicted octanol–water partition coefficient (Wildman–Crippen LogP) is 2.38. The fourth-order valence-corrected chi connectivity index (χ4v) is 0.786. The number of aromatic amines is 1. The van der Waals surface area contributed by atoms with E-state index < -0.39 is 0 Å². The summed E-state index contributed by atoms with van der Waals surface area (Å²) in [4.78, 5) is 0. The Labute approximate surface area is 79.7 Å². The smallest absolute Gasteiger partial charge is 0.112 e. The molecule has 0 aliphatic rings. The van der Waals surface area contributed by atoms with Crippen LogP contribution in [-0.2, 0) is 0 Å². The van der Waals surface area contributed by atoms with Gasteiger partial charge in [-0.15, -0.1) is 23.2 Å². The van der Waals surface area contributed by atoms with E-state index in [-0.39, 0.29) is 5.34 Å². The Kier molecular flexibility index (Phi) is 3.84. The number of fused-ring (bicyclic) bond motifs is 1. The second-order valence-corrected chi connectivity index (χ2v) is 2.72. The average molecular weight is 204 g/mol. The number of rotatable bonds is 0. The van der Waals surface area contributed by atoms with E-state index in [1.165, 1.54) is 0 Å². The first-order valence-electron chi connectivity index (χ1n) is 3.26. The maximum absolute atomic E-state index is 4.76. The summed E-state index contributed by atoms with van der Waals surface area (Å²) in [6.45, 7) is 0. The number of nitrogens with one attached hydrogen (secondary N) is 1. The average Bonchev–Trinajstić information content (AvgIpc) is 2.52. The van der Waals surface area contributed by atoms with Crippen LogP contribution in [0.5, 0.6) is 0 Å². The van der Waals surface area contributed by atoms with Gasteiger partial charge in [0.25, 0.3) is 0 Å². The van der Waals surface area contributed by atoms with Crippen molar-refractivity contribution in [3.05, 3.63) is 24.3 Å². The zero-order valence-electron chi connectivity index (χ0n) is 6.17. The van der Waals surface area contributed by atoms with Crippen LogP contribution < -0.4 is 0 Å². The first-order chi connectivity index (χ1) is 5.88. The Morgan fingerprint density at radius 2 is 1.50 bits per heavy atom. The van der Waals surface area contributed by atoms with Crippen molar-refractivity contribution in [3.8, 4) is 0 Å². The maximum atomic E-state index is 4.76. The number of aromatic nitrogens is 3. The fourth-order valence-electron chi connectivity index (χ4n) is 0.786. The van der Waals surface area contributed by atoms with Gasteiger partial charge in [0.2, 0.25) is 0 Å². The lowest BCUT2D eigenvalue weighted by atomic mass is 10.3. The largest absolute Gasteiger partial charge is 0.197 e. The Hall–Kier alpha value is -0.800. The van der Waals surface area contributed by atoms with Gasteiger partial charge in [-0.3, -0.25) is 0 Å². The van der Waals surface area contributed by atoms with E-state index in [0.717, 1.165) is 11.0 Å². The van der Waals surface area contributed by atoms with E-state index >= 15 is 0 Å². The highest BCUT2D eigenvalue weighted by molar-refractivity contribution is 6.40. The standard InChI is InChI=1S/C6H5N3.CH2Cl2/c1-2-4-6-5(3-1)7-9-8-6;2-1-3/h1-4H,(H,7,8,9);1H2. The van der Waals surface area contributed by atoms with Crippen LogP contribution in [0.15, 0.2) is 24.3 Å². The Bertz CT molecular complexity index is 304. The van der Waals surface area contributed by atoms with Crippen molar-refractivity contribution in [1.82, 2.24) is 15.4 Å². The maximum Gasteiger partial charge on any atom is 0.112 e. The second-order valence-electron chi connectivity index (χ2n) is 1.91. The molecule has 0 saturated carbocycles. The van der Waals surface area contributed by atoms with Gasteiger partial charge < -0.3 is 0 Å². The highest BCUT2D eigenvalue weighted by Crippen LogP contribution is 2.03. The van der Waals surface area contributed by atoms with E-state index in [1.807, 2.05) is 24.3 Å². The van der Waals surface area contributed by atoms with Crippen molar-refractivity contribution in [2.24, 2.45) is 0 Å². The molecule has 1 heterocycles. The van der Waals surface area contributed by atoms with Crippen LogP contribution in [0.3, 0.4) is 0 Å². The highest BCUT2D eigenvalue weighted by atomic mass is 35.5. The summed E-state index contributed by atoms with van der Waals surface area (Å²) in [6, 6.07) is 7.70. The van der Waals surface area contributed by atoms with Gasteiger partial charge in [-0.05, 0) is 12.1 Å². The molecular formula is C7H7Cl2N3. The van der Waals surface area contributed by atoms with Crippen LogP contribution in [0.1, 0.15) is 0 Å². The number of halogens is 2. The van der Waals surface area contributed by atoms with Crippen molar-refractivity contribution in [3.63, 3.8) is 0 Å². The molecule has 0 unspecified atom stereocenters. The summed E-state index contributed by atoms with van der Waals surface area (Å²) in [5, 5.41) is 10.5. The van der Waals surface area contributed by atoms with Gasteiger partial charge in [0, 0.05) is 0 Å². The third-order valence-electron chi connectivity index (χ3n) is 1.22. The fraction of sp³-hybridized carbons (Fsp3) is 0.143. The number of hydrogen-bond acceptors (Lipinski definition) is 2. The van der Waals surface area contributed by atoms with Gasteiger partial charge in [0.15, 0.2) is 0 Å². The van der Waals surface area contributed by atoms with Crippen LogP contribution in [0.2, 0.25) is 0 Å². The molecule has 2 aromatic rings. The van der Waals surface area contributed by atoms with Gasteiger partial charge >= 0.3 is 0 Å². The molecular weight excluding hydrogens is 197 g/mol. The Morgan fingerprint density at radius 3 is 1.92 bits per heavy atom. The zero-order valence-corrected chi connectivity index (χ0v) is 7.68. The minimum Gasteiger partial charge on any atom is -0.197 e. The first-order valence-corrected chi connectivity index (χ1v) is 4.33. The molecule has 64 valence electrons. The van der Waals surface area contributed by atoms with Gasteiger partial charge in [-0.25, -0.2) is 0 Å². The van der Waals surface area contributed by atoms with Crippen LogP contribution >= 0.6 is 23.2 Å². The highest BCUT2D eigenvalue weighted by Gasteiger charge is 1.90. The van der Waals surface area contributed by atoms with Crippen molar-refractivity contribution in [2.75, 3.05) is 5.34 Å². The van der Waals surface area contributed by atoms with Crippen LogP contribution in [-0.4, -0.2) is 20.7 Å². The number of hydrogen-bond donors (Lipinski definition) is 1. The lowest BCUT2D eigenvalue weighted by Crippen LogP contribution is -1.63. The summed E-state index contributed by atoms with van der Waals surface area (Å²) in [5.74, 6) is 0. The van der Waals surface area contributed by atoms with Crippen LogP contribution in [0.25, 0.3) is 11.0 Å². The normalized spacial score (nSPS) is 9.17. The first kappa shape index (κ1) is 9.29. The lowest BCUT2D eigenvalue weighted by Gasteiger charge is -1.78. The van der Waals surface area contributed by atoms with Gasteiger partial charge in [0.05, 0.1) is 5.34 Å². The van der Waals surface area contributed by atoms with E-state index in [9.17, 15) is 0 Å². The number of para-hydroxylation sites is 2. The SMILES string of the molecule is ClCCl.c1ccc2n[nH]nc2c1. The topological polar surface area (TPSA) is 41.6 Å². The number of H-pyrrole nitrogens is 1. The summed E-state index contributed by atoms with van der Waals surface area (Å²) < 4.78 is 0. The minimum atomic E-state index is 0.194. The number of alkyl halides is 2. The number of benzene rings is 1. The summed E-state index contributed by atoms with van der Waals surface area (Å²) in [6.07, 6.45) is 0. The van der Waals surface area contributed by atoms with Gasteiger partial charge in [-0.1, -0.05) is 12.1 Å². The minimum absolute atomic E-state index is 0.194. The van der Waals surface area contributed by atoms with E-state index in [4.69, 9.17) is 23.2 Å². The molecule has 0 aliphatic heterocycles. The van der Waals surface area contributed by atoms with Gasteiger partial charge in [0.1, 0.15) is 11.0 Å². The molecule has 1 N–H and O–H groups in total. The van der Waals surface area contributed by atoms with Crippen LogP contribution in [0.4, 0.5) is 0 Å². The summed E-state index contributed by atoms with van der Waals surface area (Å²) in [5.41, 5.74) is 1.83. The third kappa shape index (κ3) is 2.36. The monoisotopic (exact) mass is 203 g/mol. The molecule has 0 spiro atoms. The summed E-state index contributed by atoms with van der Waals surface area (Å²) in [7, 11) is 0. The van der Waals surface area contributed by atoms with Gasteiger partial charge in [-0.2, -0.15) is 15.4 Å². The van der Waals surface area contributed by atoms with Crippen molar-refractivity contribution in [1.29, 1.82) is 0 Å². The molecule has 0 saturated heterocycles. The molecule has 3 nitrogen and oxygen atoms in total. The Morgan fingerprint density at radius 1 is 1.08 bits per heavy atom. The molecule has 12 heavy (non-hydrogen) atoms. The molecule has 1 aromatic heterocycles. The molecule has 2 rings (SSSR count). The van der Waals surface area contributed by atoms with E-state index in [0.29, 0.717) is 0 Å². The molecule has 0 bridgehead atoms. The predicted molar refractivity (Wildman–Crippen MR) is 50.5 cm³/mol.